The van der Waals surface area contributed by atoms with E-state index in [1.54, 1.807) is 17.8 Å². The lowest BCUT2D eigenvalue weighted by Gasteiger charge is -2.10. The van der Waals surface area contributed by atoms with Gasteiger partial charge in [-0.1, -0.05) is 6.92 Å². The number of nitrogens with two attached hydrogens (primary N) is 1. The first kappa shape index (κ1) is 15.4. The molecule has 0 aliphatic heterocycles. The van der Waals surface area contributed by atoms with Crippen LogP contribution in [0.15, 0.2) is 24.5 Å². The Bertz CT molecular complexity index is 588. The average molecular weight is 295 g/mol. The van der Waals surface area contributed by atoms with E-state index in [0.29, 0.717) is 17.7 Å². The Hall–Kier alpha value is -1.95. The van der Waals surface area contributed by atoms with E-state index in [0.717, 1.165) is 13.0 Å². The quantitative estimate of drug-likeness (QED) is 0.890. The lowest BCUT2D eigenvalue weighted by molar-refractivity contribution is 0.405. The zero-order valence-electron chi connectivity index (χ0n) is 12.1. The van der Waals surface area contributed by atoms with E-state index in [2.05, 4.69) is 5.10 Å². The first-order chi connectivity index (χ1) is 9.99. The molecular formula is C15H19F2N3O. The van der Waals surface area contributed by atoms with Gasteiger partial charge in [0.25, 0.3) is 0 Å². The normalized spacial score (nSPS) is 12.4. The monoisotopic (exact) mass is 295 g/mol. The van der Waals surface area contributed by atoms with Gasteiger partial charge in [-0.2, -0.15) is 5.10 Å². The number of ether oxygens (including phenoxy) is 1. The second kappa shape index (κ2) is 6.67. The fourth-order valence-electron chi connectivity index (χ4n) is 2.07. The third-order valence-electron chi connectivity index (χ3n) is 2.90. The van der Waals surface area contributed by atoms with Crippen LogP contribution in [0.5, 0.6) is 11.5 Å². The third-order valence-corrected chi connectivity index (χ3v) is 2.90. The standard InChI is InChI=1S/C15H19F2N3O/c1-3-4-20-9-12(8-19-20)21-15-13(16)6-11(5-10(2)18)7-14(15)17/h6-10H,3-5,18H2,1-2H3. The van der Waals surface area contributed by atoms with Crippen molar-refractivity contribution in [2.45, 2.75) is 39.3 Å². The van der Waals surface area contributed by atoms with Crippen molar-refractivity contribution >= 4 is 0 Å². The van der Waals surface area contributed by atoms with Gasteiger partial charge in [0.1, 0.15) is 0 Å². The van der Waals surface area contributed by atoms with Crippen LogP contribution in [0.1, 0.15) is 25.8 Å². The van der Waals surface area contributed by atoms with Crippen LogP contribution < -0.4 is 10.5 Å². The summed E-state index contributed by atoms with van der Waals surface area (Å²) in [4.78, 5) is 0. The summed E-state index contributed by atoms with van der Waals surface area (Å²) in [6, 6.07) is 2.33. The first-order valence-electron chi connectivity index (χ1n) is 6.93. The van der Waals surface area contributed by atoms with Crippen LogP contribution in [0.2, 0.25) is 0 Å². The Morgan fingerprint density at radius 1 is 1.33 bits per heavy atom. The maximum atomic E-state index is 14.0. The Labute approximate surface area is 122 Å². The maximum absolute atomic E-state index is 14.0. The predicted molar refractivity (Wildman–Crippen MR) is 76.3 cm³/mol. The lowest BCUT2D eigenvalue weighted by Crippen LogP contribution is -2.18. The van der Waals surface area contributed by atoms with Gasteiger partial charge in [0, 0.05) is 12.6 Å². The average Bonchev–Trinajstić information content (AvgIpc) is 2.81. The zero-order chi connectivity index (χ0) is 15.4. The minimum Gasteiger partial charge on any atom is -0.448 e. The molecule has 0 aliphatic rings. The lowest BCUT2D eigenvalue weighted by atomic mass is 10.1. The maximum Gasteiger partial charge on any atom is 0.198 e. The SMILES string of the molecule is CCCn1cc(Oc2c(F)cc(CC(C)N)cc2F)cn1. The highest BCUT2D eigenvalue weighted by atomic mass is 19.1. The molecule has 2 N–H and O–H groups in total. The molecule has 1 aromatic heterocycles. The van der Waals surface area contributed by atoms with Crippen LogP contribution in [0.4, 0.5) is 8.78 Å². The summed E-state index contributed by atoms with van der Waals surface area (Å²) in [7, 11) is 0. The second-order valence-electron chi connectivity index (χ2n) is 5.11. The zero-order valence-corrected chi connectivity index (χ0v) is 12.1. The van der Waals surface area contributed by atoms with Gasteiger partial charge in [0.05, 0.1) is 12.4 Å². The fourth-order valence-corrected chi connectivity index (χ4v) is 2.07. The molecule has 1 heterocycles. The van der Waals surface area contributed by atoms with Gasteiger partial charge in [0.15, 0.2) is 23.1 Å². The van der Waals surface area contributed by atoms with Crippen LogP contribution in [0, 0.1) is 11.6 Å². The van der Waals surface area contributed by atoms with Crippen molar-refractivity contribution in [3.8, 4) is 11.5 Å². The molecule has 0 saturated heterocycles. The molecule has 0 saturated carbocycles. The number of halogens is 2. The molecule has 0 radical (unpaired) electrons. The number of rotatable bonds is 6. The molecular weight excluding hydrogens is 276 g/mol. The molecule has 114 valence electrons. The van der Waals surface area contributed by atoms with E-state index >= 15 is 0 Å². The number of aromatic nitrogens is 2. The second-order valence-corrected chi connectivity index (χ2v) is 5.11. The van der Waals surface area contributed by atoms with Gasteiger partial charge in [-0.25, -0.2) is 8.78 Å². The van der Waals surface area contributed by atoms with Crippen LogP contribution in [-0.2, 0) is 13.0 Å². The van der Waals surface area contributed by atoms with Gasteiger partial charge >= 0.3 is 0 Å². The van der Waals surface area contributed by atoms with E-state index in [1.807, 2.05) is 6.92 Å². The van der Waals surface area contributed by atoms with Crippen LogP contribution in [0.3, 0.4) is 0 Å². The molecule has 1 atom stereocenters. The molecule has 1 unspecified atom stereocenters. The summed E-state index contributed by atoms with van der Waals surface area (Å²) < 4.78 is 34.9. The Kier molecular flexibility index (Phi) is 4.90. The summed E-state index contributed by atoms with van der Waals surface area (Å²) in [6.07, 6.45) is 4.36. The highest BCUT2D eigenvalue weighted by Gasteiger charge is 2.15. The van der Waals surface area contributed by atoms with Gasteiger partial charge in [-0.05, 0) is 37.5 Å². The largest absolute Gasteiger partial charge is 0.448 e. The summed E-state index contributed by atoms with van der Waals surface area (Å²) in [5.74, 6) is -1.59. The van der Waals surface area contributed by atoms with Crippen molar-refractivity contribution in [1.29, 1.82) is 0 Å². The molecule has 0 spiro atoms. The molecule has 2 aromatic rings. The van der Waals surface area contributed by atoms with Crippen molar-refractivity contribution < 1.29 is 13.5 Å². The van der Waals surface area contributed by atoms with Crippen molar-refractivity contribution in [3.05, 3.63) is 41.7 Å². The smallest absolute Gasteiger partial charge is 0.198 e. The van der Waals surface area contributed by atoms with Gasteiger partial charge < -0.3 is 10.5 Å². The Balaban J connectivity index is 2.19. The molecule has 0 bridgehead atoms. The number of aryl methyl sites for hydroxylation is 1. The van der Waals surface area contributed by atoms with E-state index in [-0.39, 0.29) is 6.04 Å². The fraction of sp³-hybridized carbons (Fsp3) is 0.400. The van der Waals surface area contributed by atoms with Gasteiger partial charge in [0.2, 0.25) is 0 Å². The van der Waals surface area contributed by atoms with Crippen molar-refractivity contribution in [2.75, 3.05) is 0 Å². The number of hydrogen-bond donors (Lipinski definition) is 1. The van der Waals surface area contributed by atoms with Crippen molar-refractivity contribution in [3.63, 3.8) is 0 Å². The molecule has 2 rings (SSSR count). The minimum atomic E-state index is -0.742. The topological polar surface area (TPSA) is 53.1 Å². The van der Waals surface area contributed by atoms with Crippen molar-refractivity contribution in [2.24, 2.45) is 5.73 Å². The molecule has 21 heavy (non-hydrogen) atoms. The van der Waals surface area contributed by atoms with Crippen LogP contribution in [-0.4, -0.2) is 15.8 Å². The number of benzene rings is 1. The van der Waals surface area contributed by atoms with E-state index in [9.17, 15) is 8.78 Å². The molecule has 6 heteroatoms. The van der Waals surface area contributed by atoms with E-state index in [1.165, 1.54) is 18.3 Å². The highest BCUT2D eigenvalue weighted by Crippen LogP contribution is 2.28. The first-order valence-corrected chi connectivity index (χ1v) is 6.93. The van der Waals surface area contributed by atoms with E-state index in [4.69, 9.17) is 10.5 Å². The van der Waals surface area contributed by atoms with Crippen LogP contribution >= 0.6 is 0 Å². The predicted octanol–water partition coefficient (Wildman–Crippen LogP) is 3.25. The number of hydrogen-bond acceptors (Lipinski definition) is 3. The third kappa shape index (κ3) is 4.01. The van der Waals surface area contributed by atoms with Gasteiger partial charge in [-0.15, -0.1) is 0 Å². The summed E-state index contributed by atoms with van der Waals surface area (Å²) in [5, 5.41) is 4.05. The minimum absolute atomic E-state index is 0.164. The van der Waals surface area contributed by atoms with E-state index < -0.39 is 17.4 Å². The number of nitrogens with zero attached hydrogens (tertiary/aromatic N) is 2. The molecule has 0 amide bonds. The molecule has 4 nitrogen and oxygen atoms in total. The highest BCUT2D eigenvalue weighted by molar-refractivity contribution is 5.35. The summed E-state index contributed by atoms with van der Waals surface area (Å²) in [5.41, 5.74) is 6.14. The van der Waals surface area contributed by atoms with Gasteiger partial charge in [-0.3, -0.25) is 4.68 Å². The molecule has 1 aromatic carbocycles. The summed E-state index contributed by atoms with van der Waals surface area (Å²) in [6.45, 7) is 4.52. The molecule has 0 aliphatic carbocycles. The Morgan fingerprint density at radius 3 is 2.57 bits per heavy atom. The molecule has 0 fully saturated rings. The summed E-state index contributed by atoms with van der Waals surface area (Å²) >= 11 is 0. The Morgan fingerprint density at radius 2 is 2.00 bits per heavy atom. The van der Waals surface area contributed by atoms with Crippen LogP contribution in [0.25, 0.3) is 0 Å². The van der Waals surface area contributed by atoms with Crippen molar-refractivity contribution in [1.82, 2.24) is 9.78 Å².